The number of ether oxygens (including phenoxy) is 1. The van der Waals surface area contributed by atoms with E-state index in [2.05, 4.69) is 15.5 Å². The first-order valence-electron chi connectivity index (χ1n) is 8.18. The van der Waals surface area contributed by atoms with E-state index < -0.39 is 0 Å². The maximum Gasteiger partial charge on any atom is 0.266 e. The van der Waals surface area contributed by atoms with Gasteiger partial charge in [-0.3, -0.25) is 14.3 Å². The Kier molecular flexibility index (Phi) is 5.30. The Morgan fingerprint density at radius 2 is 1.93 bits per heavy atom. The first-order chi connectivity index (χ1) is 13.0. The van der Waals surface area contributed by atoms with Crippen molar-refractivity contribution in [3.63, 3.8) is 0 Å². The quantitative estimate of drug-likeness (QED) is 0.704. The van der Waals surface area contributed by atoms with E-state index in [0.717, 1.165) is 0 Å². The van der Waals surface area contributed by atoms with Crippen LogP contribution >= 0.6 is 0 Å². The molecule has 3 rings (SSSR count). The van der Waals surface area contributed by atoms with Gasteiger partial charge < -0.3 is 10.1 Å². The first-order valence-corrected chi connectivity index (χ1v) is 8.18. The molecule has 0 saturated heterocycles. The number of methoxy groups -OCH3 is 1. The Morgan fingerprint density at radius 3 is 2.63 bits per heavy atom. The van der Waals surface area contributed by atoms with Crippen molar-refractivity contribution in [1.82, 2.24) is 24.9 Å². The third-order valence-electron chi connectivity index (χ3n) is 3.85. The average molecular weight is 371 g/mol. The van der Waals surface area contributed by atoms with Crippen molar-refractivity contribution in [2.45, 2.75) is 6.54 Å². The van der Waals surface area contributed by atoms with E-state index in [9.17, 15) is 14.0 Å². The molecule has 1 N–H and O–H groups in total. The maximum atomic E-state index is 13.1. The molecule has 3 aromatic rings. The van der Waals surface area contributed by atoms with Gasteiger partial charge in [-0.25, -0.2) is 9.07 Å². The smallest absolute Gasteiger partial charge is 0.266 e. The lowest BCUT2D eigenvalue weighted by molar-refractivity contribution is 0.0948. The van der Waals surface area contributed by atoms with Crippen LogP contribution in [-0.4, -0.2) is 39.1 Å². The van der Waals surface area contributed by atoms with Crippen molar-refractivity contribution in [2.75, 3.05) is 13.7 Å². The van der Waals surface area contributed by atoms with Crippen LogP contribution in [0.3, 0.4) is 0 Å². The highest BCUT2D eigenvalue weighted by atomic mass is 19.1. The monoisotopic (exact) mass is 371 g/mol. The molecule has 27 heavy (non-hydrogen) atoms. The molecule has 0 aliphatic rings. The highest BCUT2D eigenvalue weighted by Gasteiger charge is 2.16. The predicted octanol–water partition coefficient (Wildman–Crippen LogP) is 1.22. The SMILES string of the molecule is COc1nn(C)cc1C(=O)NCCn1nc(-c2ccc(F)cc2)ccc1=O. The van der Waals surface area contributed by atoms with Gasteiger partial charge in [0.1, 0.15) is 11.4 Å². The largest absolute Gasteiger partial charge is 0.479 e. The van der Waals surface area contributed by atoms with Crippen LogP contribution in [0.15, 0.2) is 47.4 Å². The molecule has 0 aliphatic heterocycles. The normalized spacial score (nSPS) is 10.6. The lowest BCUT2D eigenvalue weighted by atomic mass is 10.1. The molecule has 1 aromatic carbocycles. The van der Waals surface area contributed by atoms with Gasteiger partial charge in [0.15, 0.2) is 0 Å². The number of benzene rings is 1. The summed E-state index contributed by atoms with van der Waals surface area (Å²) in [4.78, 5) is 24.2. The van der Waals surface area contributed by atoms with E-state index in [1.165, 1.54) is 34.7 Å². The van der Waals surface area contributed by atoms with Crippen LogP contribution in [0, 0.1) is 5.82 Å². The zero-order valence-electron chi connectivity index (χ0n) is 14.8. The summed E-state index contributed by atoms with van der Waals surface area (Å²) < 4.78 is 20.8. The highest BCUT2D eigenvalue weighted by molar-refractivity contribution is 5.96. The van der Waals surface area contributed by atoms with Crippen molar-refractivity contribution in [1.29, 1.82) is 0 Å². The zero-order valence-corrected chi connectivity index (χ0v) is 14.8. The van der Waals surface area contributed by atoms with E-state index in [1.54, 1.807) is 31.4 Å². The highest BCUT2D eigenvalue weighted by Crippen LogP contribution is 2.16. The molecule has 0 unspecified atom stereocenters. The van der Waals surface area contributed by atoms with Crippen LogP contribution in [0.2, 0.25) is 0 Å². The number of nitrogens with one attached hydrogen (secondary N) is 1. The summed E-state index contributed by atoms with van der Waals surface area (Å²) in [7, 11) is 3.12. The number of aromatic nitrogens is 4. The van der Waals surface area contributed by atoms with Crippen LogP contribution in [0.5, 0.6) is 5.88 Å². The van der Waals surface area contributed by atoms with Crippen LogP contribution in [-0.2, 0) is 13.6 Å². The van der Waals surface area contributed by atoms with Crippen molar-refractivity contribution >= 4 is 5.91 Å². The number of hydrogen-bond donors (Lipinski definition) is 1. The number of carbonyl (C=O) groups is 1. The zero-order chi connectivity index (χ0) is 19.4. The predicted molar refractivity (Wildman–Crippen MR) is 96.0 cm³/mol. The van der Waals surface area contributed by atoms with Gasteiger partial charge in [-0.15, -0.1) is 5.10 Å². The van der Waals surface area contributed by atoms with Gasteiger partial charge in [-0.05, 0) is 30.3 Å². The first kappa shape index (κ1) is 18.3. The number of hydrogen-bond acceptors (Lipinski definition) is 5. The van der Waals surface area contributed by atoms with E-state index in [0.29, 0.717) is 16.8 Å². The topological polar surface area (TPSA) is 91.0 Å². The Hall–Kier alpha value is -3.49. The van der Waals surface area contributed by atoms with Crippen molar-refractivity contribution < 1.29 is 13.9 Å². The third-order valence-corrected chi connectivity index (χ3v) is 3.85. The molecule has 0 atom stereocenters. The number of amides is 1. The molecule has 0 saturated carbocycles. The number of rotatable bonds is 6. The summed E-state index contributed by atoms with van der Waals surface area (Å²) in [6.45, 7) is 0.374. The molecular formula is C18H18FN5O3. The summed E-state index contributed by atoms with van der Waals surface area (Å²) in [6.07, 6.45) is 1.55. The molecule has 2 heterocycles. The fourth-order valence-corrected chi connectivity index (χ4v) is 2.53. The van der Waals surface area contributed by atoms with Gasteiger partial charge in [-0.2, -0.15) is 5.10 Å². The second-order valence-electron chi connectivity index (χ2n) is 5.77. The van der Waals surface area contributed by atoms with Crippen LogP contribution in [0.4, 0.5) is 4.39 Å². The molecule has 0 spiro atoms. The lowest BCUT2D eigenvalue weighted by Gasteiger charge is -2.08. The summed E-state index contributed by atoms with van der Waals surface area (Å²) in [5.74, 6) is -0.480. The maximum absolute atomic E-state index is 13.1. The molecule has 8 nitrogen and oxygen atoms in total. The van der Waals surface area contributed by atoms with Gasteiger partial charge >= 0.3 is 0 Å². The minimum absolute atomic E-state index is 0.183. The molecule has 0 radical (unpaired) electrons. The van der Waals surface area contributed by atoms with Crippen molar-refractivity contribution in [3.05, 3.63) is 64.3 Å². The fraction of sp³-hybridized carbons (Fsp3) is 0.222. The molecule has 0 fully saturated rings. The Morgan fingerprint density at radius 1 is 1.19 bits per heavy atom. The van der Waals surface area contributed by atoms with Gasteiger partial charge in [0, 0.05) is 31.4 Å². The lowest BCUT2D eigenvalue weighted by Crippen LogP contribution is -2.32. The van der Waals surface area contributed by atoms with E-state index in [1.807, 2.05) is 0 Å². The third kappa shape index (κ3) is 4.20. The Bertz CT molecular complexity index is 1010. The van der Waals surface area contributed by atoms with Crippen LogP contribution < -0.4 is 15.6 Å². The number of halogens is 1. The Labute approximate surface area is 154 Å². The van der Waals surface area contributed by atoms with Gasteiger partial charge in [0.2, 0.25) is 5.88 Å². The second kappa shape index (κ2) is 7.81. The summed E-state index contributed by atoms with van der Waals surface area (Å²) in [5, 5.41) is 11.0. The van der Waals surface area contributed by atoms with E-state index >= 15 is 0 Å². The van der Waals surface area contributed by atoms with Crippen LogP contribution in [0.1, 0.15) is 10.4 Å². The molecule has 1 amide bonds. The minimum atomic E-state index is -0.359. The van der Waals surface area contributed by atoms with Crippen molar-refractivity contribution in [3.8, 4) is 17.1 Å². The average Bonchev–Trinajstić information content (AvgIpc) is 3.05. The molecule has 9 heteroatoms. The standard InChI is InChI=1S/C18H18FN5O3/c1-23-11-14(18(22-23)27-2)17(26)20-9-10-24-16(25)8-7-15(21-24)12-3-5-13(19)6-4-12/h3-8,11H,9-10H2,1-2H3,(H,20,26). The molecular weight excluding hydrogens is 353 g/mol. The minimum Gasteiger partial charge on any atom is -0.479 e. The van der Waals surface area contributed by atoms with Gasteiger partial charge in [0.25, 0.3) is 11.5 Å². The molecule has 140 valence electrons. The molecule has 0 bridgehead atoms. The van der Waals surface area contributed by atoms with E-state index in [-0.39, 0.29) is 36.3 Å². The molecule has 2 aromatic heterocycles. The number of carbonyl (C=O) groups excluding carboxylic acids is 1. The summed E-state index contributed by atoms with van der Waals surface area (Å²) in [6, 6.07) is 8.79. The number of aryl methyl sites for hydroxylation is 1. The molecule has 0 aliphatic carbocycles. The Balaban J connectivity index is 1.69. The van der Waals surface area contributed by atoms with Gasteiger partial charge in [-0.1, -0.05) is 0 Å². The second-order valence-corrected chi connectivity index (χ2v) is 5.77. The van der Waals surface area contributed by atoms with E-state index in [4.69, 9.17) is 4.74 Å². The van der Waals surface area contributed by atoms with Crippen LogP contribution in [0.25, 0.3) is 11.3 Å². The number of nitrogens with zero attached hydrogens (tertiary/aromatic N) is 4. The summed E-state index contributed by atoms with van der Waals surface area (Å²) >= 11 is 0. The summed E-state index contributed by atoms with van der Waals surface area (Å²) in [5.41, 5.74) is 1.23. The van der Waals surface area contributed by atoms with Gasteiger partial charge in [0.05, 0.1) is 19.3 Å². The van der Waals surface area contributed by atoms with Crippen molar-refractivity contribution in [2.24, 2.45) is 7.05 Å². The fourth-order valence-electron chi connectivity index (χ4n) is 2.53.